The summed E-state index contributed by atoms with van der Waals surface area (Å²) in [7, 11) is 0. The van der Waals surface area contributed by atoms with Gasteiger partial charge in [0.15, 0.2) is 0 Å². The molecule has 2 rings (SSSR count). The lowest BCUT2D eigenvalue weighted by Crippen LogP contribution is -2.22. The van der Waals surface area contributed by atoms with Crippen molar-refractivity contribution < 1.29 is 9.84 Å². The molecule has 0 radical (unpaired) electrons. The molecule has 1 aromatic carbocycles. The number of hydrogen-bond acceptors (Lipinski definition) is 3. The van der Waals surface area contributed by atoms with Crippen LogP contribution in [0, 0.1) is 0 Å². The first-order valence-electron chi connectivity index (χ1n) is 5.89. The van der Waals surface area contributed by atoms with Crippen LogP contribution in [0.25, 0.3) is 0 Å². The first-order valence-corrected chi connectivity index (χ1v) is 5.89. The summed E-state index contributed by atoms with van der Waals surface area (Å²) < 4.78 is 5.72. The van der Waals surface area contributed by atoms with Crippen LogP contribution >= 0.6 is 0 Å². The lowest BCUT2D eigenvalue weighted by molar-refractivity contribution is 0.00314. The lowest BCUT2D eigenvalue weighted by Gasteiger charge is -2.27. The Bertz CT molecular complexity index is 340. The average molecular weight is 221 g/mol. The molecule has 16 heavy (non-hydrogen) atoms. The molecule has 0 fully saturated rings. The summed E-state index contributed by atoms with van der Waals surface area (Å²) in [5.74, 6) is 0. The number of rotatable bonds is 4. The SMILES string of the molecule is NCCC(O)CC1OCCc2ccccc21. The number of ether oxygens (including phenoxy) is 1. The highest BCUT2D eigenvalue weighted by Crippen LogP contribution is 2.30. The Balaban J connectivity index is 2.07. The van der Waals surface area contributed by atoms with Gasteiger partial charge in [-0.2, -0.15) is 0 Å². The van der Waals surface area contributed by atoms with Gasteiger partial charge in [-0.15, -0.1) is 0 Å². The molecule has 1 aliphatic heterocycles. The van der Waals surface area contributed by atoms with Crippen LogP contribution < -0.4 is 5.73 Å². The van der Waals surface area contributed by atoms with E-state index in [1.54, 1.807) is 0 Å². The van der Waals surface area contributed by atoms with Crippen molar-refractivity contribution in [2.45, 2.75) is 31.5 Å². The Hall–Kier alpha value is -0.900. The van der Waals surface area contributed by atoms with Crippen LogP contribution in [0.1, 0.15) is 30.1 Å². The Labute approximate surface area is 96.2 Å². The summed E-state index contributed by atoms with van der Waals surface area (Å²) in [5.41, 5.74) is 8.00. The van der Waals surface area contributed by atoms with E-state index in [2.05, 4.69) is 18.2 Å². The van der Waals surface area contributed by atoms with E-state index in [4.69, 9.17) is 10.5 Å². The Kier molecular flexibility index (Phi) is 3.93. The lowest BCUT2D eigenvalue weighted by atomic mass is 9.93. The first kappa shape index (κ1) is 11.6. The van der Waals surface area contributed by atoms with E-state index in [0.29, 0.717) is 19.4 Å². The van der Waals surface area contributed by atoms with E-state index in [1.807, 2.05) is 6.07 Å². The first-order chi connectivity index (χ1) is 7.81. The zero-order valence-electron chi connectivity index (χ0n) is 9.43. The second-order valence-corrected chi connectivity index (χ2v) is 4.28. The molecule has 3 N–H and O–H groups in total. The topological polar surface area (TPSA) is 55.5 Å². The van der Waals surface area contributed by atoms with Crippen molar-refractivity contribution in [3.05, 3.63) is 35.4 Å². The van der Waals surface area contributed by atoms with Crippen molar-refractivity contribution in [1.29, 1.82) is 0 Å². The van der Waals surface area contributed by atoms with Crippen LogP contribution in [0.4, 0.5) is 0 Å². The van der Waals surface area contributed by atoms with Gasteiger partial charge in [0, 0.05) is 6.42 Å². The maximum absolute atomic E-state index is 9.77. The molecule has 0 amide bonds. The normalized spacial score (nSPS) is 21.5. The van der Waals surface area contributed by atoms with Gasteiger partial charge >= 0.3 is 0 Å². The molecule has 1 aromatic rings. The molecule has 3 nitrogen and oxygen atoms in total. The maximum Gasteiger partial charge on any atom is 0.0852 e. The summed E-state index contributed by atoms with van der Waals surface area (Å²) in [6.45, 7) is 1.27. The van der Waals surface area contributed by atoms with E-state index in [0.717, 1.165) is 13.0 Å². The standard InChI is InChI=1S/C13H19NO2/c14-7-5-11(15)9-13-12-4-2-1-3-10(12)6-8-16-13/h1-4,11,13,15H,5-9,14H2. The third-order valence-corrected chi connectivity index (χ3v) is 3.08. The number of hydrogen-bond donors (Lipinski definition) is 2. The molecule has 1 heterocycles. The van der Waals surface area contributed by atoms with Crippen molar-refractivity contribution in [1.82, 2.24) is 0 Å². The number of fused-ring (bicyclic) bond motifs is 1. The van der Waals surface area contributed by atoms with Crippen LogP contribution in [0.2, 0.25) is 0 Å². The Morgan fingerprint density at radius 3 is 3.06 bits per heavy atom. The van der Waals surface area contributed by atoms with Crippen molar-refractivity contribution in [3.8, 4) is 0 Å². The van der Waals surface area contributed by atoms with Crippen LogP contribution in [-0.2, 0) is 11.2 Å². The van der Waals surface area contributed by atoms with E-state index in [-0.39, 0.29) is 12.2 Å². The third kappa shape index (κ3) is 2.61. The van der Waals surface area contributed by atoms with Crippen LogP contribution in [0.5, 0.6) is 0 Å². The molecule has 2 unspecified atom stereocenters. The second kappa shape index (κ2) is 5.43. The minimum Gasteiger partial charge on any atom is -0.393 e. The number of nitrogens with two attached hydrogens (primary N) is 1. The van der Waals surface area contributed by atoms with Gasteiger partial charge in [0.25, 0.3) is 0 Å². The Morgan fingerprint density at radius 1 is 1.44 bits per heavy atom. The number of aliphatic hydroxyl groups excluding tert-OH is 1. The minimum atomic E-state index is -0.360. The number of benzene rings is 1. The summed E-state index contributed by atoms with van der Waals surface area (Å²) in [4.78, 5) is 0. The van der Waals surface area contributed by atoms with Crippen molar-refractivity contribution >= 4 is 0 Å². The largest absolute Gasteiger partial charge is 0.393 e. The molecule has 0 saturated heterocycles. The number of aliphatic hydroxyl groups is 1. The zero-order valence-corrected chi connectivity index (χ0v) is 9.43. The van der Waals surface area contributed by atoms with Gasteiger partial charge < -0.3 is 15.6 Å². The molecule has 0 spiro atoms. The van der Waals surface area contributed by atoms with E-state index < -0.39 is 0 Å². The van der Waals surface area contributed by atoms with Crippen LogP contribution in [0.15, 0.2) is 24.3 Å². The highest BCUT2D eigenvalue weighted by atomic mass is 16.5. The highest BCUT2D eigenvalue weighted by molar-refractivity contribution is 5.30. The predicted molar refractivity (Wildman–Crippen MR) is 63.1 cm³/mol. The van der Waals surface area contributed by atoms with E-state index in [9.17, 15) is 5.11 Å². The van der Waals surface area contributed by atoms with Gasteiger partial charge in [0.1, 0.15) is 0 Å². The van der Waals surface area contributed by atoms with Crippen molar-refractivity contribution in [2.24, 2.45) is 5.73 Å². The van der Waals surface area contributed by atoms with E-state index in [1.165, 1.54) is 11.1 Å². The molecule has 1 aliphatic rings. The van der Waals surface area contributed by atoms with Gasteiger partial charge in [-0.1, -0.05) is 24.3 Å². The monoisotopic (exact) mass is 221 g/mol. The summed E-state index contributed by atoms with van der Waals surface area (Å²) in [5, 5.41) is 9.77. The molecule has 0 aromatic heterocycles. The van der Waals surface area contributed by atoms with Gasteiger partial charge in [-0.3, -0.25) is 0 Å². The summed E-state index contributed by atoms with van der Waals surface area (Å²) >= 11 is 0. The van der Waals surface area contributed by atoms with Crippen LogP contribution in [-0.4, -0.2) is 24.4 Å². The molecule has 0 saturated carbocycles. The summed E-state index contributed by atoms with van der Waals surface area (Å²) in [6.07, 6.45) is 1.93. The summed E-state index contributed by atoms with van der Waals surface area (Å²) in [6, 6.07) is 8.31. The van der Waals surface area contributed by atoms with E-state index >= 15 is 0 Å². The molecular weight excluding hydrogens is 202 g/mol. The quantitative estimate of drug-likeness (QED) is 0.808. The zero-order chi connectivity index (χ0) is 11.4. The molecule has 3 heteroatoms. The van der Waals surface area contributed by atoms with Crippen LogP contribution in [0.3, 0.4) is 0 Å². The fraction of sp³-hybridized carbons (Fsp3) is 0.538. The molecule has 0 aliphatic carbocycles. The molecule has 2 atom stereocenters. The molecular formula is C13H19NO2. The fourth-order valence-electron chi connectivity index (χ4n) is 2.23. The maximum atomic E-state index is 9.77. The van der Waals surface area contributed by atoms with Gasteiger partial charge in [-0.05, 0) is 30.5 Å². The average Bonchev–Trinajstić information content (AvgIpc) is 2.30. The minimum absolute atomic E-state index is 0.0338. The smallest absolute Gasteiger partial charge is 0.0852 e. The molecule has 0 bridgehead atoms. The fourth-order valence-corrected chi connectivity index (χ4v) is 2.23. The highest BCUT2D eigenvalue weighted by Gasteiger charge is 2.22. The predicted octanol–water partition coefficient (Wildman–Crippen LogP) is 1.40. The third-order valence-electron chi connectivity index (χ3n) is 3.08. The molecule has 88 valence electrons. The van der Waals surface area contributed by atoms with Crippen molar-refractivity contribution in [2.75, 3.05) is 13.2 Å². The second-order valence-electron chi connectivity index (χ2n) is 4.28. The van der Waals surface area contributed by atoms with Gasteiger partial charge in [0.05, 0.1) is 18.8 Å². The van der Waals surface area contributed by atoms with Crippen molar-refractivity contribution in [3.63, 3.8) is 0 Å². The van der Waals surface area contributed by atoms with Gasteiger partial charge in [-0.25, -0.2) is 0 Å². The Morgan fingerprint density at radius 2 is 2.25 bits per heavy atom. The van der Waals surface area contributed by atoms with Gasteiger partial charge in [0.2, 0.25) is 0 Å².